The van der Waals surface area contributed by atoms with Gasteiger partial charge < -0.3 is 4.74 Å². The van der Waals surface area contributed by atoms with E-state index in [4.69, 9.17) is 4.74 Å². The second kappa shape index (κ2) is 5.86. The quantitative estimate of drug-likeness (QED) is 0.661. The van der Waals surface area contributed by atoms with Gasteiger partial charge in [0.25, 0.3) is 0 Å². The van der Waals surface area contributed by atoms with Crippen molar-refractivity contribution in [2.75, 3.05) is 7.11 Å². The van der Waals surface area contributed by atoms with Crippen molar-refractivity contribution in [3.63, 3.8) is 0 Å². The fraction of sp³-hybridized carbons (Fsp3) is 0.143. The first-order valence-corrected chi connectivity index (χ1v) is 4.87. The molecule has 0 radical (unpaired) electrons. The molecule has 1 aromatic rings. The maximum atomic E-state index is 5.10. The first-order valence-electron chi connectivity index (χ1n) is 4.87. The summed E-state index contributed by atoms with van der Waals surface area (Å²) in [5, 5.41) is 0. The van der Waals surface area contributed by atoms with Gasteiger partial charge in [-0.2, -0.15) is 0 Å². The molecule has 0 N–H and O–H groups in total. The second-order valence-corrected chi connectivity index (χ2v) is 3.21. The summed E-state index contributed by atoms with van der Waals surface area (Å²) in [7, 11) is 1.67. The minimum Gasteiger partial charge on any atom is -0.497 e. The summed E-state index contributed by atoms with van der Waals surface area (Å²) in [5.41, 5.74) is 2.40. The molecule has 15 heavy (non-hydrogen) atoms. The van der Waals surface area contributed by atoms with E-state index in [-0.39, 0.29) is 0 Å². The molecule has 0 saturated heterocycles. The minimum atomic E-state index is 0.875. The highest BCUT2D eigenvalue weighted by atomic mass is 16.5. The zero-order valence-corrected chi connectivity index (χ0v) is 9.07. The van der Waals surface area contributed by atoms with Crippen LogP contribution in [0.1, 0.15) is 5.56 Å². The third kappa shape index (κ3) is 3.47. The van der Waals surface area contributed by atoms with E-state index in [0.29, 0.717) is 0 Å². The first-order chi connectivity index (χ1) is 7.30. The predicted molar refractivity (Wildman–Crippen MR) is 65.2 cm³/mol. The summed E-state index contributed by atoms with van der Waals surface area (Å²) in [6.45, 7) is 7.44. The molecule has 0 heterocycles. The van der Waals surface area contributed by atoms with E-state index in [9.17, 15) is 0 Å². The molecule has 0 aromatic heterocycles. The number of ether oxygens (including phenoxy) is 1. The highest BCUT2D eigenvalue weighted by Crippen LogP contribution is 2.14. The molecule has 1 aromatic carbocycles. The lowest BCUT2D eigenvalue weighted by atomic mass is 10.0. The van der Waals surface area contributed by atoms with Crippen LogP contribution in [0, 0.1) is 0 Å². The standard InChI is InChI=1S/C14H16O/c1-4-6-12(5-2)11-13-7-9-14(15-3)10-8-13/h4-10H,1-2,11H2,3H3/b12-6+. The van der Waals surface area contributed by atoms with Crippen LogP contribution in [0.25, 0.3) is 0 Å². The average Bonchev–Trinajstić information content (AvgIpc) is 2.29. The van der Waals surface area contributed by atoms with Gasteiger partial charge in [0.15, 0.2) is 0 Å². The average molecular weight is 200 g/mol. The maximum Gasteiger partial charge on any atom is 0.118 e. The summed E-state index contributed by atoms with van der Waals surface area (Å²) in [4.78, 5) is 0. The van der Waals surface area contributed by atoms with Crippen molar-refractivity contribution in [3.8, 4) is 5.75 Å². The fourth-order valence-electron chi connectivity index (χ4n) is 1.33. The van der Waals surface area contributed by atoms with Crippen molar-refractivity contribution >= 4 is 0 Å². The van der Waals surface area contributed by atoms with E-state index in [1.165, 1.54) is 5.56 Å². The van der Waals surface area contributed by atoms with Crippen molar-refractivity contribution in [2.45, 2.75) is 6.42 Å². The van der Waals surface area contributed by atoms with Crippen LogP contribution < -0.4 is 4.74 Å². The molecule has 0 atom stereocenters. The van der Waals surface area contributed by atoms with E-state index >= 15 is 0 Å². The molecule has 0 bridgehead atoms. The molecule has 0 unspecified atom stereocenters. The Labute approximate surface area is 91.4 Å². The Morgan fingerprint density at radius 3 is 2.40 bits per heavy atom. The van der Waals surface area contributed by atoms with E-state index in [1.54, 1.807) is 13.2 Å². The molecular weight excluding hydrogens is 184 g/mol. The molecular formula is C14H16O. The number of benzene rings is 1. The van der Waals surface area contributed by atoms with Crippen molar-refractivity contribution in [3.05, 3.63) is 66.8 Å². The van der Waals surface area contributed by atoms with E-state index in [1.807, 2.05) is 24.3 Å². The van der Waals surface area contributed by atoms with Gasteiger partial charge in [-0.3, -0.25) is 0 Å². The van der Waals surface area contributed by atoms with Crippen molar-refractivity contribution in [1.29, 1.82) is 0 Å². The monoisotopic (exact) mass is 200 g/mol. The van der Waals surface area contributed by atoms with Crippen LogP contribution in [-0.2, 0) is 6.42 Å². The Hall–Kier alpha value is -1.76. The maximum absolute atomic E-state index is 5.10. The molecule has 0 fully saturated rings. The third-order valence-electron chi connectivity index (χ3n) is 2.16. The molecule has 0 saturated carbocycles. The second-order valence-electron chi connectivity index (χ2n) is 3.21. The molecule has 0 amide bonds. The Morgan fingerprint density at radius 2 is 1.93 bits per heavy atom. The zero-order chi connectivity index (χ0) is 11.1. The summed E-state index contributed by atoms with van der Waals surface area (Å²) in [5.74, 6) is 0.881. The number of allylic oxidation sites excluding steroid dienone is 4. The van der Waals surface area contributed by atoms with Crippen LogP contribution in [0.2, 0.25) is 0 Å². The summed E-state index contributed by atoms with van der Waals surface area (Å²) >= 11 is 0. The van der Waals surface area contributed by atoms with Gasteiger partial charge in [-0.15, -0.1) is 0 Å². The topological polar surface area (TPSA) is 9.23 Å². The highest BCUT2D eigenvalue weighted by Gasteiger charge is 1.96. The highest BCUT2D eigenvalue weighted by molar-refractivity contribution is 5.33. The summed E-state index contributed by atoms with van der Waals surface area (Å²) in [6.07, 6.45) is 6.48. The van der Waals surface area contributed by atoms with Crippen LogP contribution in [0.4, 0.5) is 0 Å². The van der Waals surface area contributed by atoms with Crippen LogP contribution >= 0.6 is 0 Å². The van der Waals surface area contributed by atoms with Crippen molar-refractivity contribution in [2.24, 2.45) is 0 Å². The molecule has 0 aliphatic carbocycles. The SMILES string of the molecule is C=C/C=C(\C=C)Cc1ccc(OC)cc1. The van der Waals surface area contributed by atoms with Gasteiger partial charge in [0.2, 0.25) is 0 Å². The smallest absolute Gasteiger partial charge is 0.118 e. The summed E-state index contributed by atoms with van der Waals surface area (Å²) in [6, 6.07) is 8.03. The normalized spacial score (nSPS) is 10.9. The zero-order valence-electron chi connectivity index (χ0n) is 9.07. The minimum absolute atomic E-state index is 0.875. The van der Waals surface area contributed by atoms with Gasteiger partial charge in [0.05, 0.1) is 7.11 Å². The Balaban J connectivity index is 2.75. The van der Waals surface area contributed by atoms with Crippen LogP contribution in [0.5, 0.6) is 5.75 Å². The molecule has 0 spiro atoms. The lowest BCUT2D eigenvalue weighted by Crippen LogP contribution is -1.88. The Kier molecular flexibility index (Phi) is 4.42. The van der Waals surface area contributed by atoms with Crippen LogP contribution in [0.3, 0.4) is 0 Å². The van der Waals surface area contributed by atoms with Crippen LogP contribution in [-0.4, -0.2) is 7.11 Å². The van der Waals surface area contributed by atoms with Gasteiger partial charge in [-0.05, 0) is 29.7 Å². The Bertz CT molecular complexity index is 357. The van der Waals surface area contributed by atoms with E-state index in [2.05, 4.69) is 25.3 Å². The lowest BCUT2D eigenvalue weighted by molar-refractivity contribution is 0.414. The predicted octanol–water partition coefficient (Wildman–Crippen LogP) is 3.54. The number of hydrogen-bond donors (Lipinski definition) is 0. The largest absolute Gasteiger partial charge is 0.497 e. The van der Waals surface area contributed by atoms with Gasteiger partial charge in [0.1, 0.15) is 5.75 Å². The molecule has 78 valence electrons. The van der Waals surface area contributed by atoms with Crippen molar-refractivity contribution in [1.82, 2.24) is 0 Å². The van der Waals surface area contributed by atoms with Crippen LogP contribution in [0.15, 0.2) is 61.2 Å². The number of hydrogen-bond acceptors (Lipinski definition) is 1. The first kappa shape index (κ1) is 11.3. The molecule has 0 aliphatic rings. The summed E-state index contributed by atoms with van der Waals surface area (Å²) < 4.78 is 5.10. The number of methoxy groups -OCH3 is 1. The molecule has 1 heteroatoms. The molecule has 1 nitrogen and oxygen atoms in total. The van der Waals surface area contributed by atoms with Gasteiger partial charge >= 0.3 is 0 Å². The number of rotatable bonds is 5. The molecule has 1 rings (SSSR count). The van der Waals surface area contributed by atoms with E-state index in [0.717, 1.165) is 17.7 Å². The lowest BCUT2D eigenvalue weighted by Gasteiger charge is -2.03. The molecule has 0 aliphatic heterocycles. The van der Waals surface area contributed by atoms with Gasteiger partial charge in [-0.1, -0.05) is 43.5 Å². The fourth-order valence-corrected chi connectivity index (χ4v) is 1.33. The third-order valence-corrected chi connectivity index (χ3v) is 2.16. The van der Waals surface area contributed by atoms with Gasteiger partial charge in [0, 0.05) is 0 Å². The van der Waals surface area contributed by atoms with Gasteiger partial charge in [-0.25, -0.2) is 0 Å². The van der Waals surface area contributed by atoms with Crippen molar-refractivity contribution < 1.29 is 4.74 Å². The van der Waals surface area contributed by atoms with E-state index < -0.39 is 0 Å². The Morgan fingerprint density at radius 1 is 1.27 bits per heavy atom.